The van der Waals surface area contributed by atoms with Gasteiger partial charge in [-0.05, 0) is 27.2 Å². The molecule has 0 aromatic carbocycles. The third-order valence-corrected chi connectivity index (χ3v) is 2.36. The van der Waals surface area contributed by atoms with Gasteiger partial charge in [0.05, 0.1) is 0 Å². The number of carbonyl (C=O) groups is 1. The van der Waals surface area contributed by atoms with Gasteiger partial charge < -0.3 is 0 Å². The van der Waals surface area contributed by atoms with Crippen LogP contribution in [0.4, 0.5) is 0 Å². The predicted molar refractivity (Wildman–Crippen MR) is 50.1 cm³/mol. The highest BCUT2D eigenvalue weighted by molar-refractivity contribution is 5.93. The lowest BCUT2D eigenvalue weighted by atomic mass is 10.1. The van der Waals surface area contributed by atoms with Gasteiger partial charge in [-0.25, -0.2) is 0 Å². The van der Waals surface area contributed by atoms with Crippen molar-refractivity contribution in [3.05, 3.63) is 11.6 Å². The molecule has 0 radical (unpaired) electrons. The molecule has 0 spiro atoms. The van der Waals surface area contributed by atoms with Crippen molar-refractivity contribution in [1.82, 2.24) is 4.90 Å². The molecule has 0 saturated heterocycles. The third kappa shape index (κ3) is 2.18. The summed E-state index contributed by atoms with van der Waals surface area (Å²) in [5, 5.41) is 0. The summed E-state index contributed by atoms with van der Waals surface area (Å²) in [5.41, 5.74) is 0.981. The molecule has 0 N–H and O–H groups in total. The zero-order chi connectivity index (χ0) is 9.14. The van der Waals surface area contributed by atoms with Crippen LogP contribution >= 0.6 is 0 Å². The molecule has 1 aliphatic rings. The summed E-state index contributed by atoms with van der Waals surface area (Å²) in [5.74, 6) is 0.223. The van der Waals surface area contributed by atoms with E-state index in [2.05, 4.69) is 24.8 Å². The molecule has 1 heterocycles. The largest absolute Gasteiger partial charge is 0.296 e. The normalized spacial score (nSPS) is 19.5. The molecule has 0 atom stereocenters. The molecule has 0 aromatic heterocycles. The number of Topliss-reactive ketones (excluding diaryl/α,β-unsaturated/α-hetero) is 1. The second-order valence-corrected chi connectivity index (χ2v) is 3.64. The van der Waals surface area contributed by atoms with Crippen LogP contribution in [0.3, 0.4) is 0 Å². The Morgan fingerprint density at radius 3 is 2.75 bits per heavy atom. The first kappa shape index (κ1) is 9.46. The molecule has 0 amide bonds. The Labute approximate surface area is 74.2 Å². The second kappa shape index (κ2) is 3.85. The van der Waals surface area contributed by atoms with Gasteiger partial charge in [-0.2, -0.15) is 0 Å². The van der Waals surface area contributed by atoms with E-state index in [9.17, 15) is 4.79 Å². The summed E-state index contributed by atoms with van der Waals surface area (Å²) in [7, 11) is 0. The number of hydrogen-bond acceptors (Lipinski definition) is 2. The molecule has 0 saturated carbocycles. The van der Waals surface area contributed by atoms with E-state index in [1.165, 1.54) is 0 Å². The van der Waals surface area contributed by atoms with Gasteiger partial charge in [0.25, 0.3) is 0 Å². The van der Waals surface area contributed by atoms with E-state index in [0.717, 1.165) is 25.1 Å². The summed E-state index contributed by atoms with van der Waals surface area (Å²) < 4.78 is 0. The summed E-state index contributed by atoms with van der Waals surface area (Å²) in [4.78, 5) is 13.4. The average Bonchev–Trinajstić information content (AvgIpc) is 2.04. The van der Waals surface area contributed by atoms with Crippen molar-refractivity contribution in [3.8, 4) is 0 Å². The molecule has 0 bridgehead atoms. The molecular weight excluding hydrogens is 150 g/mol. The first-order chi connectivity index (χ1) is 5.61. The SMILES string of the molecule is CC(=O)C1=CCCN(C(C)C)C1. The fourth-order valence-electron chi connectivity index (χ4n) is 1.46. The monoisotopic (exact) mass is 167 g/mol. The number of nitrogens with zero attached hydrogens (tertiary/aromatic N) is 1. The van der Waals surface area contributed by atoms with Crippen molar-refractivity contribution in [3.63, 3.8) is 0 Å². The van der Waals surface area contributed by atoms with Crippen molar-refractivity contribution in [2.45, 2.75) is 33.2 Å². The van der Waals surface area contributed by atoms with Gasteiger partial charge in [0.1, 0.15) is 0 Å². The number of hydrogen-bond donors (Lipinski definition) is 0. The van der Waals surface area contributed by atoms with Gasteiger partial charge in [-0.3, -0.25) is 9.69 Å². The van der Waals surface area contributed by atoms with Crippen LogP contribution in [0, 0.1) is 0 Å². The van der Waals surface area contributed by atoms with Crippen molar-refractivity contribution in [2.24, 2.45) is 0 Å². The molecule has 2 heteroatoms. The van der Waals surface area contributed by atoms with Gasteiger partial charge >= 0.3 is 0 Å². The molecule has 0 aromatic rings. The Balaban J connectivity index is 2.59. The highest BCUT2D eigenvalue weighted by Gasteiger charge is 2.16. The molecule has 1 aliphatic heterocycles. The lowest BCUT2D eigenvalue weighted by Crippen LogP contribution is -2.36. The minimum absolute atomic E-state index is 0.223. The Morgan fingerprint density at radius 1 is 1.58 bits per heavy atom. The van der Waals surface area contributed by atoms with Gasteiger partial charge in [-0.15, -0.1) is 0 Å². The number of ketones is 1. The smallest absolute Gasteiger partial charge is 0.156 e. The highest BCUT2D eigenvalue weighted by atomic mass is 16.1. The molecule has 0 aliphatic carbocycles. The van der Waals surface area contributed by atoms with Crippen molar-refractivity contribution < 1.29 is 4.79 Å². The summed E-state index contributed by atoms with van der Waals surface area (Å²) in [6.07, 6.45) is 3.09. The van der Waals surface area contributed by atoms with E-state index in [4.69, 9.17) is 0 Å². The first-order valence-electron chi connectivity index (χ1n) is 4.55. The van der Waals surface area contributed by atoms with Crippen LogP contribution in [-0.2, 0) is 4.79 Å². The lowest BCUT2D eigenvalue weighted by molar-refractivity contribution is -0.114. The molecule has 0 unspecified atom stereocenters. The maximum absolute atomic E-state index is 11.1. The number of rotatable bonds is 2. The fourth-order valence-corrected chi connectivity index (χ4v) is 1.46. The van der Waals surface area contributed by atoms with Crippen LogP contribution in [0.5, 0.6) is 0 Å². The third-order valence-electron chi connectivity index (χ3n) is 2.36. The van der Waals surface area contributed by atoms with E-state index in [0.29, 0.717) is 6.04 Å². The first-order valence-corrected chi connectivity index (χ1v) is 4.55. The van der Waals surface area contributed by atoms with Crippen molar-refractivity contribution in [2.75, 3.05) is 13.1 Å². The van der Waals surface area contributed by atoms with Crippen LogP contribution in [0.1, 0.15) is 27.2 Å². The molecule has 12 heavy (non-hydrogen) atoms. The van der Waals surface area contributed by atoms with E-state index in [1.54, 1.807) is 6.92 Å². The van der Waals surface area contributed by atoms with Crippen molar-refractivity contribution in [1.29, 1.82) is 0 Å². The fraction of sp³-hybridized carbons (Fsp3) is 0.700. The molecule has 2 nitrogen and oxygen atoms in total. The minimum atomic E-state index is 0.223. The zero-order valence-corrected chi connectivity index (χ0v) is 8.13. The van der Waals surface area contributed by atoms with Crippen molar-refractivity contribution >= 4 is 5.78 Å². The van der Waals surface area contributed by atoms with E-state index >= 15 is 0 Å². The second-order valence-electron chi connectivity index (χ2n) is 3.64. The Hall–Kier alpha value is -0.630. The minimum Gasteiger partial charge on any atom is -0.296 e. The average molecular weight is 167 g/mol. The van der Waals surface area contributed by atoms with E-state index < -0.39 is 0 Å². The molecular formula is C10H17NO. The number of carbonyl (C=O) groups excluding carboxylic acids is 1. The van der Waals surface area contributed by atoms with Crippen LogP contribution in [-0.4, -0.2) is 29.8 Å². The van der Waals surface area contributed by atoms with Crippen LogP contribution < -0.4 is 0 Å². The molecule has 0 fully saturated rings. The lowest BCUT2D eigenvalue weighted by Gasteiger charge is -2.29. The van der Waals surface area contributed by atoms with Crippen LogP contribution in [0.15, 0.2) is 11.6 Å². The topological polar surface area (TPSA) is 20.3 Å². The van der Waals surface area contributed by atoms with Gasteiger partial charge in [0.2, 0.25) is 0 Å². The molecule has 1 rings (SSSR count). The Morgan fingerprint density at radius 2 is 2.25 bits per heavy atom. The van der Waals surface area contributed by atoms with Crippen LogP contribution in [0.25, 0.3) is 0 Å². The zero-order valence-electron chi connectivity index (χ0n) is 8.13. The standard InChI is InChI=1S/C10H17NO/c1-8(2)11-6-4-5-10(7-11)9(3)12/h5,8H,4,6-7H2,1-3H3. The maximum Gasteiger partial charge on any atom is 0.156 e. The summed E-state index contributed by atoms with van der Waals surface area (Å²) >= 11 is 0. The van der Waals surface area contributed by atoms with Gasteiger partial charge in [-0.1, -0.05) is 6.08 Å². The maximum atomic E-state index is 11.1. The van der Waals surface area contributed by atoms with Gasteiger partial charge in [0, 0.05) is 24.7 Å². The summed E-state index contributed by atoms with van der Waals surface area (Å²) in [6.45, 7) is 7.92. The van der Waals surface area contributed by atoms with E-state index in [-0.39, 0.29) is 5.78 Å². The molecule has 68 valence electrons. The Kier molecular flexibility index (Phi) is 3.04. The predicted octanol–water partition coefficient (Wildman–Crippen LogP) is 1.62. The quantitative estimate of drug-likeness (QED) is 0.623. The van der Waals surface area contributed by atoms with E-state index in [1.807, 2.05) is 0 Å². The highest BCUT2D eigenvalue weighted by Crippen LogP contribution is 2.12. The Bertz CT molecular complexity index is 206. The summed E-state index contributed by atoms with van der Waals surface area (Å²) in [6, 6.07) is 0.549. The van der Waals surface area contributed by atoms with Crippen LogP contribution in [0.2, 0.25) is 0 Å². The van der Waals surface area contributed by atoms with Gasteiger partial charge in [0.15, 0.2) is 5.78 Å².